The molecule has 1 aromatic heterocycles. The molecule has 1 aliphatic rings. The highest BCUT2D eigenvalue weighted by Crippen LogP contribution is 2.32. The van der Waals surface area contributed by atoms with E-state index < -0.39 is 10.0 Å². The van der Waals surface area contributed by atoms with Crippen molar-refractivity contribution in [3.63, 3.8) is 0 Å². The number of hydrogen-bond donors (Lipinski definition) is 2. The minimum Gasteiger partial charge on any atom is -0.381 e. The van der Waals surface area contributed by atoms with E-state index in [1.165, 1.54) is 9.31 Å². The summed E-state index contributed by atoms with van der Waals surface area (Å²) in [5, 5.41) is 1.49. The molecule has 0 spiro atoms. The fraction of sp³-hybridized carbons (Fsp3) is 0.444. The van der Waals surface area contributed by atoms with E-state index in [9.17, 15) is 8.42 Å². The van der Waals surface area contributed by atoms with E-state index in [-0.39, 0.29) is 10.3 Å². The Morgan fingerprint density at radius 3 is 2.46 bits per heavy atom. The van der Waals surface area contributed by atoms with Gasteiger partial charge in [-0.05, 0) is 54.7 Å². The van der Waals surface area contributed by atoms with Gasteiger partial charge in [0.1, 0.15) is 12.0 Å². The van der Waals surface area contributed by atoms with Gasteiger partial charge in [0.15, 0.2) is 0 Å². The van der Waals surface area contributed by atoms with Crippen molar-refractivity contribution in [2.24, 2.45) is 11.8 Å². The average Bonchev–Trinajstić information content (AvgIpc) is 3.23. The molecule has 0 bridgehead atoms. The number of nitrogens with two attached hydrogens (primary N) is 1. The quantitative estimate of drug-likeness (QED) is 0.343. The summed E-state index contributed by atoms with van der Waals surface area (Å²) in [4.78, 5) is 5.20. The largest absolute Gasteiger partial charge is 0.381 e. The first-order valence-electron chi connectivity index (χ1n) is 12.6. The van der Waals surface area contributed by atoms with Gasteiger partial charge in [0.2, 0.25) is 0 Å². The van der Waals surface area contributed by atoms with Crippen molar-refractivity contribution in [2.75, 3.05) is 24.6 Å². The summed E-state index contributed by atoms with van der Waals surface area (Å²) in [5.41, 5.74) is 6.77. The number of rotatable bonds is 8. The maximum absolute atomic E-state index is 13.4. The Morgan fingerprint density at radius 2 is 1.84 bits per heavy atom. The number of sulfonamides is 1. The molecule has 3 aromatic rings. The second-order valence-electron chi connectivity index (χ2n) is 10.7. The molecule has 0 atom stereocenters. The predicted molar refractivity (Wildman–Crippen MR) is 146 cm³/mol. The lowest BCUT2D eigenvalue weighted by Crippen LogP contribution is -2.41. The summed E-state index contributed by atoms with van der Waals surface area (Å²) in [6.07, 6.45) is 5.33. The van der Waals surface area contributed by atoms with Crippen molar-refractivity contribution in [1.82, 2.24) is 14.6 Å². The molecule has 0 saturated carbocycles. The normalized spacial score (nSPS) is 15.5. The molecule has 1 saturated heterocycles. The molecular formula is C27H39N6O3S+. The Hall–Kier alpha value is -2.92. The Kier molecular flexibility index (Phi) is 7.94. The van der Waals surface area contributed by atoms with Crippen LogP contribution in [0.5, 0.6) is 0 Å². The zero-order chi connectivity index (χ0) is 26.8. The van der Waals surface area contributed by atoms with Gasteiger partial charge >= 0.3 is 0 Å². The molecule has 200 valence electrons. The van der Waals surface area contributed by atoms with Gasteiger partial charge in [0, 0.05) is 32.2 Å². The number of anilines is 1. The third-order valence-corrected chi connectivity index (χ3v) is 8.59. The number of benzene rings is 2. The Bertz CT molecular complexity index is 1350. The number of fused-ring (bicyclic) bond motifs is 1. The Balaban J connectivity index is 1.62. The Labute approximate surface area is 219 Å². The highest BCUT2D eigenvalue weighted by molar-refractivity contribution is 7.92. The van der Waals surface area contributed by atoms with Crippen LogP contribution in [-0.2, 0) is 33.3 Å². The first kappa shape index (κ1) is 27.1. The minimum atomic E-state index is -3.75. The number of nitrogens with zero attached hydrogens (tertiary/aromatic N) is 4. The molecule has 4 rings (SSSR count). The third kappa shape index (κ3) is 5.98. The molecule has 0 unspecified atom stereocenters. The lowest BCUT2D eigenvalue weighted by atomic mass is 9.94. The molecule has 2 aromatic carbocycles. The van der Waals surface area contributed by atoms with Crippen molar-refractivity contribution in [1.29, 1.82) is 0 Å². The summed E-state index contributed by atoms with van der Waals surface area (Å²) in [5.74, 6) is 7.42. The van der Waals surface area contributed by atoms with Crippen LogP contribution in [0.15, 0.2) is 59.8 Å². The van der Waals surface area contributed by atoms with Gasteiger partial charge in [0.25, 0.3) is 10.0 Å². The van der Waals surface area contributed by atoms with Crippen molar-refractivity contribution < 1.29 is 18.9 Å². The fourth-order valence-electron chi connectivity index (χ4n) is 4.72. The SMILES string of the molecule is CN(c1ccc2c(c1)nc(C(C)(C)C)n2CC1CCOCC1)S(=O)(=O)c1ccc(CN(N)/C=C\[NH3+])cc1. The summed E-state index contributed by atoms with van der Waals surface area (Å²) < 4.78 is 36.0. The molecule has 1 fully saturated rings. The summed E-state index contributed by atoms with van der Waals surface area (Å²) >= 11 is 0. The third-order valence-electron chi connectivity index (χ3n) is 6.79. The molecule has 0 amide bonds. The highest BCUT2D eigenvalue weighted by Gasteiger charge is 2.27. The first-order valence-corrected chi connectivity index (χ1v) is 14.1. The van der Waals surface area contributed by atoms with E-state index in [0.29, 0.717) is 18.2 Å². The first-order chi connectivity index (χ1) is 17.5. The van der Waals surface area contributed by atoms with E-state index >= 15 is 0 Å². The van der Waals surface area contributed by atoms with Gasteiger partial charge < -0.3 is 20.0 Å². The van der Waals surface area contributed by atoms with Gasteiger partial charge in [-0.1, -0.05) is 32.9 Å². The maximum Gasteiger partial charge on any atom is 0.264 e. The van der Waals surface area contributed by atoms with Crippen LogP contribution in [-0.4, -0.2) is 43.2 Å². The van der Waals surface area contributed by atoms with Crippen LogP contribution >= 0.6 is 0 Å². The topological polar surface area (TPSA) is 121 Å². The molecule has 5 N–H and O–H groups in total. The van der Waals surface area contributed by atoms with E-state index in [2.05, 4.69) is 31.1 Å². The van der Waals surface area contributed by atoms with Crippen molar-refractivity contribution >= 4 is 26.7 Å². The van der Waals surface area contributed by atoms with Gasteiger partial charge in [-0.2, -0.15) is 0 Å². The monoisotopic (exact) mass is 527 g/mol. The predicted octanol–water partition coefficient (Wildman–Crippen LogP) is 2.97. The zero-order valence-electron chi connectivity index (χ0n) is 22.2. The second-order valence-corrected chi connectivity index (χ2v) is 12.7. The smallest absolute Gasteiger partial charge is 0.264 e. The van der Waals surface area contributed by atoms with Crippen LogP contribution in [0.2, 0.25) is 0 Å². The van der Waals surface area contributed by atoms with Crippen molar-refractivity contribution in [2.45, 2.75) is 57.0 Å². The van der Waals surface area contributed by atoms with E-state index in [1.807, 2.05) is 18.2 Å². The standard InChI is InChI=1S/C27H38N6O3S/c1-27(2,3)26-30-24-17-22(7-10-25(24)33(26)19-21-11-15-36-16-12-21)31(4)37(34,35)23-8-5-20(6-9-23)18-32(29)14-13-28/h5-10,13-14,17,21H,11-12,15-16,18-19,28-29H2,1-4H3/p+1/b14-13-. The van der Waals surface area contributed by atoms with E-state index in [0.717, 1.165) is 55.0 Å². The van der Waals surface area contributed by atoms with Gasteiger partial charge in [-0.15, -0.1) is 0 Å². The average molecular weight is 528 g/mol. The number of quaternary nitrogens is 1. The number of ether oxygens (including phenoxy) is 1. The Morgan fingerprint density at radius 1 is 1.16 bits per heavy atom. The van der Waals surface area contributed by atoms with Crippen LogP contribution in [0.25, 0.3) is 11.0 Å². The molecule has 1 aliphatic heterocycles. The molecule has 10 heteroatoms. The lowest BCUT2D eigenvalue weighted by Gasteiger charge is -2.26. The number of aromatic nitrogens is 2. The maximum atomic E-state index is 13.4. The van der Waals surface area contributed by atoms with Gasteiger partial charge in [0.05, 0.1) is 34.4 Å². The highest BCUT2D eigenvalue weighted by atomic mass is 32.2. The summed E-state index contributed by atoms with van der Waals surface area (Å²) in [7, 11) is -2.18. The van der Waals surface area contributed by atoms with Crippen molar-refractivity contribution in [3.05, 3.63) is 66.3 Å². The molecule has 2 heterocycles. The number of hydrazine groups is 1. The van der Waals surface area contributed by atoms with Crippen LogP contribution < -0.4 is 15.9 Å². The van der Waals surface area contributed by atoms with Crippen LogP contribution in [0, 0.1) is 5.92 Å². The number of imidazole rings is 1. The minimum absolute atomic E-state index is 0.146. The molecule has 37 heavy (non-hydrogen) atoms. The molecule has 0 aliphatic carbocycles. The van der Waals surface area contributed by atoms with Crippen LogP contribution in [0.3, 0.4) is 0 Å². The number of hydrogen-bond acceptors (Lipinski definition) is 6. The van der Waals surface area contributed by atoms with Gasteiger partial charge in [-0.25, -0.2) is 19.2 Å². The lowest BCUT2D eigenvalue weighted by molar-refractivity contribution is -0.276. The zero-order valence-corrected chi connectivity index (χ0v) is 23.0. The van der Waals surface area contributed by atoms with E-state index in [4.69, 9.17) is 15.6 Å². The fourth-order valence-corrected chi connectivity index (χ4v) is 5.91. The molecule has 9 nitrogen and oxygen atoms in total. The summed E-state index contributed by atoms with van der Waals surface area (Å²) in [6.45, 7) is 9.42. The molecular weight excluding hydrogens is 488 g/mol. The summed E-state index contributed by atoms with van der Waals surface area (Å²) in [6, 6.07) is 12.5. The van der Waals surface area contributed by atoms with Gasteiger partial charge in [-0.3, -0.25) is 4.31 Å². The van der Waals surface area contributed by atoms with Crippen molar-refractivity contribution in [3.8, 4) is 0 Å². The van der Waals surface area contributed by atoms with Crippen LogP contribution in [0.1, 0.15) is 45.0 Å². The second kappa shape index (κ2) is 10.8. The van der Waals surface area contributed by atoms with Crippen LogP contribution in [0.4, 0.5) is 5.69 Å². The molecule has 0 radical (unpaired) electrons. The van der Waals surface area contributed by atoms with E-state index in [1.54, 1.807) is 43.7 Å².